The molecule has 0 aromatic heterocycles. The fourth-order valence-electron chi connectivity index (χ4n) is 5.15. The van der Waals surface area contributed by atoms with Crippen LogP contribution in [-0.4, -0.2) is 24.3 Å². The van der Waals surface area contributed by atoms with Gasteiger partial charge in [-0.1, -0.05) is 48.5 Å². The van der Waals surface area contributed by atoms with Gasteiger partial charge in [-0.25, -0.2) is 4.79 Å². The van der Waals surface area contributed by atoms with E-state index >= 15 is 0 Å². The summed E-state index contributed by atoms with van der Waals surface area (Å²) in [6.07, 6.45) is 1.33. The smallest absolute Gasteiger partial charge is 0.341 e. The molecular weight excluding hydrogens is 420 g/mol. The molecule has 1 amide bonds. The van der Waals surface area contributed by atoms with Crippen molar-refractivity contribution >= 4 is 23.3 Å². The normalized spacial score (nSPS) is 21.8. The maximum absolute atomic E-state index is 14.4. The summed E-state index contributed by atoms with van der Waals surface area (Å²) in [7, 11) is 0. The summed E-state index contributed by atoms with van der Waals surface area (Å²) in [5, 5.41) is 0. The minimum Gasteiger partial charge on any atom is -0.462 e. The van der Waals surface area contributed by atoms with E-state index in [9.17, 15) is 14.4 Å². The van der Waals surface area contributed by atoms with E-state index < -0.39 is 17.3 Å². The van der Waals surface area contributed by atoms with Crippen LogP contribution >= 0.6 is 0 Å². The van der Waals surface area contributed by atoms with Crippen molar-refractivity contribution in [1.82, 2.24) is 0 Å². The molecule has 7 nitrogen and oxygen atoms in total. The third-order valence-corrected chi connectivity index (χ3v) is 6.42. The van der Waals surface area contributed by atoms with E-state index in [0.29, 0.717) is 29.9 Å². The van der Waals surface area contributed by atoms with Crippen LogP contribution in [0.3, 0.4) is 0 Å². The van der Waals surface area contributed by atoms with Crippen molar-refractivity contribution in [3.05, 3.63) is 88.5 Å². The van der Waals surface area contributed by atoms with Gasteiger partial charge in [0.05, 0.1) is 18.7 Å². The van der Waals surface area contributed by atoms with Gasteiger partial charge in [-0.3, -0.25) is 9.59 Å². The van der Waals surface area contributed by atoms with Gasteiger partial charge in [0, 0.05) is 24.1 Å². The van der Waals surface area contributed by atoms with E-state index in [1.807, 2.05) is 42.5 Å². The molecule has 3 aliphatic rings. The molecule has 5 rings (SSSR count). The van der Waals surface area contributed by atoms with Crippen LogP contribution in [0.1, 0.15) is 37.3 Å². The van der Waals surface area contributed by atoms with Crippen LogP contribution in [0.25, 0.3) is 0 Å². The van der Waals surface area contributed by atoms with Gasteiger partial charge in [-0.15, -0.1) is 0 Å². The summed E-state index contributed by atoms with van der Waals surface area (Å²) in [4.78, 5) is 42.6. The Morgan fingerprint density at radius 3 is 2.58 bits per heavy atom. The number of para-hydroxylation sites is 1. The highest BCUT2D eigenvalue weighted by Gasteiger charge is 2.63. The number of carbonyl (C=O) groups is 3. The SMILES string of the molecule is CCOC(=O)C1=C(N)OC2=C(C(=O)CCC2)C12C(=O)N(Cc1ccccc1)c1ccccc12. The predicted octanol–water partition coefficient (Wildman–Crippen LogP) is 3.24. The summed E-state index contributed by atoms with van der Waals surface area (Å²) >= 11 is 0. The zero-order valence-electron chi connectivity index (χ0n) is 18.3. The molecule has 2 N–H and O–H groups in total. The van der Waals surface area contributed by atoms with Gasteiger partial charge in [0.1, 0.15) is 16.7 Å². The Balaban J connectivity index is 1.79. The van der Waals surface area contributed by atoms with Gasteiger partial charge in [0.2, 0.25) is 11.8 Å². The van der Waals surface area contributed by atoms with E-state index in [-0.39, 0.29) is 42.4 Å². The van der Waals surface area contributed by atoms with Crippen LogP contribution in [0.2, 0.25) is 0 Å². The van der Waals surface area contributed by atoms with Gasteiger partial charge in [0.15, 0.2) is 5.78 Å². The lowest BCUT2D eigenvalue weighted by Crippen LogP contribution is -2.51. The van der Waals surface area contributed by atoms with Crippen molar-refractivity contribution in [2.45, 2.75) is 38.1 Å². The minimum atomic E-state index is -1.69. The number of rotatable bonds is 4. The summed E-state index contributed by atoms with van der Waals surface area (Å²) in [6, 6.07) is 16.8. The molecular formula is C26H24N2O5. The first-order chi connectivity index (χ1) is 16.0. The molecule has 1 atom stereocenters. The van der Waals surface area contributed by atoms with Gasteiger partial charge in [0.25, 0.3) is 0 Å². The largest absolute Gasteiger partial charge is 0.462 e. The lowest BCUT2D eigenvalue weighted by atomic mass is 9.64. The molecule has 2 aliphatic heterocycles. The second-order valence-corrected chi connectivity index (χ2v) is 8.28. The van der Waals surface area contributed by atoms with Crippen LogP contribution in [-0.2, 0) is 35.8 Å². The average molecular weight is 444 g/mol. The summed E-state index contributed by atoms with van der Waals surface area (Å²) < 4.78 is 11.1. The first-order valence-corrected chi connectivity index (χ1v) is 11.1. The first-order valence-electron chi connectivity index (χ1n) is 11.1. The van der Waals surface area contributed by atoms with Crippen molar-refractivity contribution < 1.29 is 23.9 Å². The van der Waals surface area contributed by atoms with Crippen LogP contribution in [0.15, 0.2) is 77.4 Å². The molecule has 0 saturated heterocycles. The lowest BCUT2D eigenvalue weighted by molar-refractivity contribution is -0.141. The number of nitrogens with two attached hydrogens (primary N) is 1. The van der Waals surface area contributed by atoms with E-state index in [4.69, 9.17) is 15.2 Å². The number of benzene rings is 2. The van der Waals surface area contributed by atoms with Crippen LogP contribution < -0.4 is 10.6 Å². The molecule has 2 aromatic carbocycles. The van der Waals surface area contributed by atoms with Gasteiger partial charge < -0.3 is 20.1 Å². The third kappa shape index (κ3) is 2.99. The van der Waals surface area contributed by atoms with Crippen molar-refractivity contribution in [2.24, 2.45) is 5.73 Å². The van der Waals surface area contributed by atoms with Crippen molar-refractivity contribution in [2.75, 3.05) is 11.5 Å². The van der Waals surface area contributed by atoms with E-state index in [0.717, 1.165) is 5.56 Å². The molecule has 0 radical (unpaired) electrons. The second kappa shape index (κ2) is 7.92. The Labute approximate surface area is 191 Å². The van der Waals surface area contributed by atoms with E-state index in [1.165, 1.54) is 0 Å². The number of allylic oxidation sites excluding steroid dienone is 1. The number of hydrogen-bond acceptors (Lipinski definition) is 6. The number of Topliss-reactive ketones (excluding diaryl/α,β-unsaturated/α-hetero) is 1. The number of fused-ring (bicyclic) bond motifs is 3. The van der Waals surface area contributed by atoms with Crippen LogP contribution in [0.5, 0.6) is 0 Å². The number of esters is 1. The molecule has 1 unspecified atom stereocenters. The maximum atomic E-state index is 14.4. The number of ketones is 1. The number of amides is 1. The van der Waals surface area contributed by atoms with Crippen molar-refractivity contribution in [1.29, 1.82) is 0 Å². The van der Waals surface area contributed by atoms with E-state index in [1.54, 1.807) is 24.0 Å². The number of anilines is 1. The standard InChI is InChI=1S/C26H24N2O5/c1-2-32-24(30)22-23(27)33-20-14-8-13-19(29)21(20)26(22)17-11-6-7-12-18(17)28(25(26)31)15-16-9-4-3-5-10-16/h3-7,9-12H,2,8,13-15,27H2,1H3. The van der Waals surface area contributed by atoms with Gasteiger partial charge >= 0.3 is 5.97 Å². The molecule has 0 fully saturated rings. The van der Waals surface area contributed by atoms with E-state index in [2.05, 4.69) is 0 Å². The zero-order chi connectivity index (χ0) is 23.2. The molecule has 2 heterocycles. The summed E-state index contributed by atoms with van der Waals surface area (Å²) in [6.45, 7) is 2.05. The highest BCUT2D eigenvalue weighted by molar-refractivity contribution is 6.23. The molecule has 168 valence electrons. The monoisotopic (exact) mass is 444 g/mol. The first kappa shape index (κ1) is 21.0. The number of carbonyl (C=O) groups excluding carboxylic acids is 3. The molecule has 1 aliphatic carbocycles. The Morgan fingerprint density at radius 1 is 1.09 bits per heavy atom. The zero-order valence-corrected chi connectivity index (χ0v) is 18.3. The molecule has 0 bridgehead atoms. The average Bonchev–Trinajstić information content (AvgIpc) is 3.03. The van der Waals surface area contributed by atoms with Crippen LogP contribution in [0.4, 0.5) is 5.69 Å². The lowest BCUT2D eigenvalue weighted by Gasteiger charge is -2.38. The summed E-state index contributed by atoms with van der Waals surface area (Å²) in [5.74, 6) is -1.20. The molecule has 2 aromatic rings. The Bertz CT molecular complexity index is 1230. The topological polar surface area (TPSA) is 98.9 Å². The minimum absolute atomic E-state index is 0.0924. The molecule has 1 spiro atoms. The molecule has 7 heteroatoms. The Hall–Kier alpha value is -3.87. The second-order valence-electron chi connectivity index (χ2n) is 8.28. The fourth-order valence-corrected chi connectivity index (χ4v) is 5.15. The van der Waals surface area contributed by atoms with Crippen molar-refractivity contribution in [3.8, 4) is 0 Å². The van der Waals surface area contributed by atoms with Crippen molar-refractivity contribution in [3.63, 3.8) is 0 Å². The molecule has 33 heavy (non-hydrogen) atoms. The van der Waals surface area contributed by atoms with Gasteiger partial charge in [-0.2, -0.15) is 0 Å². The molecule has 0 saturated carbocycles. The fraction of sp³-hybridized carbons (Fsp3) is 0.269. The highest BCUT2D eigenvalue weighted by atomic mass is 16.5. The summed E-state index contributed by atoms with van der Waals surface area (Å²) in [5.41, 5.74) is 6.77. The maximum Gasteiger partial charge on any atom is 0.341 e. The number of hydrogen-bond donors (Lipinski definition) is 1. The third-order valence-electron chi connectivity index (χ3n) is 6.42. The quantitative estimate of drug-likeness (QED) is 0.727. The van der Waals surface area contributed by atoms with Crippen LogP contribution in [0, 0.1) is 0 Å². The van der Waals surface area contributed by atoms with Gasteiger partial charge in [-0.05, 0) is 25.0 Å². The predicted molar refractivity (Wildman–Crippen MR) is 121 cm³/mol. The Morgan fingerprint density at radius 2 is 1.82 bits per heavy atom. The Kier molecular flexibility index (Phi) is 5.04. The highest BCUT2D eigenvalue weighted by Crippen LogP contribution is 2.56. The number of ether oxygens (including phenoxy) is 2. The number of nitrogens with zero attached hydrogens (tertiary/aromatic N) is 1.